The predicted molar refractivity (Wildman–Crippen MR) is 353 cm³/mol. The van der Waals surface area contributed by atoms with Crippen molar-refractivity contribution in [2.75, 3.05) is 13.2 Å². The molecule has 0 radical (unpaired) electrons. The molecule has 0 heterocycles. The Kier molecular flexibility index (Phi) is 67.6. The van der Waals surface area contributed by atoms with Crippen molar-refractivity contribution in [3.05, 3.63) is 48.6 Å². The van der Waals surface area contributed by atoms with Crippen LogP contribution in [0.2, 0.25) is 0 Å². The highest BCUT2D eigenvalue weighted by atomic mass is 16.6. The van der Waals surface area contributed by atoms with Gasteiger partial charge in [-0.1, -0.05) is 320 Å². The number of carbonyl (C=O) groups excluding carboxylic acids is 3. The van der Waals surface area contributed by atoms with E-state index < -0.39 is 6.10 Å². The van der Waals surface area contributed by atoms with Crippen molar-refractivity contribution >= 4 is 17.9 Å². The first kappa shape index (κ1) is 78.4. The van der Waals surface area contributed by atoms with E-state index in [9.17, 15) is 14.4 Å². The van der Waals surface area contributed by atoms with Crippen LogP contribution in [0.15, 0.2) is 48.6 Å². The Labute approximate surface area is 505 Å². The highest BCUT2D eigenvalue weighted by Gasteiger charge is 2.19. The number of unbranched alkanes of at least 4 members (excludes halogenated alkanes) is 48. The minimum atomic E-state index is -0.777. The van der Waals surface area contributed by atoms with Crippen LogP contribution in [0.5, 0.6) is 0 Å². The predicted octanol–water partition coefficient (Wildman–Crippen LogP) is 24.9. The molecule has 0 spiro atoms. The molecule has 0 aromatic carbocycles. The lowest BCUT2D eigenvalue weighted by Crippen LogP contribution is -2.30. The van der Waals surface area contributed by atoms with E-state index >= 15 is 0 Å². The number of carbonyl (C=O) groups is 3. The van der Waals surface area contributed by atoms with E-state index in [1.54, 1.807) is 0 Å². The molecule has 0 aromatic heterocycles. The minimum absolute atomic E-state index is 0.0730. The van der Waals surface area contributed by atoms with Crippen LogP contribution in [-0.2, 0) is 28.6 Å². The molecule has 0 saturated carbocycles. The van der Waals surface area contributed by atoms with Gasteiger partial charge >= 0.3 is 17.9 Å². The van der Waals surface area contributed by atoms with Gasteiger partial charge in [-0.25, -0.2) is 0 Å². The first-order valence-electron chi connectivity index (χ1n) is 36.1. The third kappa shape index (κ3) is 68.0. The Balaban J connectivity index is 4.11. The van der Waals surface area contributed by atoms with Gasteiger partial charge in [-0.15, -0.1) is 0 Å². The SMILES string of the molecule is CCCCC/C=C\CCCCCCCC(=O)OCC(COC(=O)CCCCCCCCCCCCCCCCCCCCCCC/C=C\C/C=C\CCCCCCC)OC(=O)CCCCCCCCC/C=C\CCCCCCCCC. The van der Waals surface area contributed by atoms with E-state index in [2.05, 4.69) is 69.4 Å². The van der Waals surface area contributed by atoms with Gasteiger partial charge in [0.15, 0.2) is 6.10 Å². The molecule has 0 amide bonds. The zero-order valence-corrected chi connectivity index (χ0v) is 54.6. The summed E-state index contributed by atoms with van der Waals surface area (Å²) in [5.74, 6) is -0.862. The van der Waals surface area contributed by atoms with Gasteiger partial charge in [-0.3, -0.25) is 14.4 Å². The summed E-state index contributed by atoms with van der Waals surface area (Å²) >= 11 is 0. The van der Waals surface area contributed by atoms with Crippen LogP contribution >= 0.6 is 0 Å². The second kappa shape index (κ2) is 69.9. The molecule has 81 heavy (non-hydrogen) atoms. The van der Waals surface area contributed by atoms with Crippen LogP contribution in [0.1, 0.15) is 393 Å². The van der Waals surface area contributed by atoms with Gasteiger partial charge in [0.05, 0.1) is 0 Å². The zero-order chi connectivity index (χ0) is 58.5. The highest BCUT2D eigenvalue weighted by molar-refractivity contribution is 5.71. The fraction of sp³-hybridized carbons (Fsp3) is 0.853. The molecule has 0 N–H and O–H groups in total. The summed E-state index contributed by atoms with van der Waals surface area (Å²) in [7, 11) is 0. The van der Waals surface area contributed by atoms with Crippen molar-refractivity contribution in [1.82, 2.24) is 0 Å². The minimum Gasteiger partial charge on any atom is -0.462 e. The van der Waals surface area contributed by atoms with Crippen molar-refractivity contribution in [3.63, 3.8) is 0 Å². The number of hydrogen-bond acceptors (Lipinski definition) is 6. The van der Waals surface area contributed by atoms with Gasteiger partial charge in [0.1, 0.15) is 13.2 Å². The summed E-state index contributed by atoms with van der Waals surface area (Å²) in [5, 5.41) is 0. The number of rotatable bonds is 67. The topological polar surface area (TPSA) is 78.9 Å². The van der Waals surface area contributed by atoms with E-state index in [1.807, 2.05) is 0 Å². The summed E-state index contributed by atoms with van der Waals surface area (Å²) in [6.45, 7) is 6.65. The van der Waals surface area contributed by atoms with Crippen molar-refractivity contribution < 1.29 is 28.6 Å². The summed E-state index contributed by atoms with van der Waals surface area (Å²) in [5.41, 5.74) is 0. The van der Waals surface area contributed by atoms with Gasteiger partial charge in [-0.05, 0) is 103 Å². The molecule has 0 bridgehead atoms. The standard InChI is InChI=1S/C75H138O6/c1-4-7-10-13-16-19-22-25-27-29-31-32-33-34-35-36-37-38-39-40-41-42-43-44-45-47-48-50-53-56-59-62-65-68-74(77)80-71-72(70-79-73(76)67-64-61-58-55-52-24-21-18-15-12-9-6-3)81-75(78)69-66-63-60-57-54-51-49-46-30-28-26-23-20-17-14-11-8-5-2/h18,21-22,25,28-31,72H,4-17,19-20,23-24,26-27,32-71H2,1-3H3/b21-18-,25-22-,30-28-,31-29-. The van der Waals surface area contributed by atoms with Crippen LogP contribution in [0.4, 0.5) is 0 Å². The maximum Gasteiger partial charge on any atom is 0.306 e. The van der Waals surface area contributed by atoms with Crippen molar-refractivity contribution in [2.45, 2.75) is 399 Å². The van der Waals surface area contributed by atoms with Crippen molar-refractivity contribution in [1.29, 1.82) is 0 Å². The van der Waals surface area contributed by atoms with Gasteiger partial charge in [-0.2, -0.15) is 0 Å². The molecule has 0 rings (SSSR count). The maximum atomic E-state index is 12.9. The van der Waals surface area contributed by atoms with E-state index in [0.29, 0.717) is 19.3 Å². The van der Waals surface area contributed by atoms with E-state index in [1.165, 1.54) is 283 Å². The lowest BCUT2D eigenvalue weighted by atomic mass is 10.0. The molecule has 1 atom stereocenters. The second-order valence-electron chi connectivity index (χ2n) is 24.5. The van der Waals surface area contributed by atoms with Gasteiger partial charge in [0, 0.05) is 19.3 Å². The summed E-state index contributed by atoms with van der Waals surface area (Å²) in [6, 6.07) is 0. The first-order valence-corrected chi connectivity index (χ1v) is 36.1. The molecule has 0 fully saturated rings. The van der Waals surface area contributed by atoms with E-state index in [0.717, 1.165) is 70.6 Å². The molecule has 0 aliphatic heterocycles. The monoisotopic (exact) mass is 1140 g/mol. The second-order valence-corrected chi connectivity index (χ2v) is 24.5. The fourth-order valence-electron chi connectivity index (χ4n) is 10.8. The maximum absolute atomic E-state index is 12.9. The summed E-state index contributed by atoms with van der Waals surface area (Å²) in [4.78, 5) is 38.4. The molecular weight excluding hydrogens is 997 g/mol. The molecule has 1 unspecified atom stereocenters. The Morgan fingerprint density at radius 3 is 0.716 bits per heavy atom. The fourth-order valence-corrected chi connectivity index (χ4v) is 10.8. The molecule has 0 aliphatic carbocycles. The average molecular weight is 1140 g/mol. The lowest BCUT2D eigenvalue weighted by molar-refractivity contribution is -0.167. The Bertz CT molecular complexity index is 1400. The molecule has 0 aromatic rings. The lowest BCUT2D eigenvalue weighted by Gasteiger charge is -2.18. The van der Waals surface area contributed by atoms with Crippen molar-refractivity contribution in [3.8, 4) is 0 Å². The molecule has 0 saturated heterocycles. The molecule has 474 valence electrons. The van der Waals surface area contributed by atoms with Crippen LogP contribution < -0.4 is 0 Å². The largest absolute Gasteiger partial charge is 0.462 e. The number of allylic oxidation sites excluding steroid dienone is 8. The van der Waals surface area contributed by atoms with Crippen LogP contribution in [0, 0.1) is 0 Å². The zero-order valence-electron chi connectivity index (χ0n) is 54.6. The van der Waals surface area contributed by atoms with E-state index in [-0.39, 0.29) is 31.1 Å². The molecular formula is C75H138O6. The van der Waals surface area contributed by atoms with Gasteiger partial charge < -0.3 is 14.2 Å². The van der Waals surface area contributed by atoms with Gasteiger partial charge in [0.25, 0.3) is 0 Å². The smallest absolute Gasteiger partial charge is 0.306 e. The third-order valence-electron chi connectivity index (χ3n) is 16.3. The Morgan fingerprint density at radius 1 is 0.247 bits per heavy atom. The summed E-state index contributed by atoms with van der Waals surface area (Å²) in [6.07, 6.45) is 88.7. The number of hydrogen-bond donors (Lipinski definition) is 0. The summed E-state index contributed by atoms with van der Waals surface area (Å²) < 4.78 is 17.0. The highest BCUT2D eigenvalue weighted by Crippen LogP contribution is 2.18. The Hall–Kier alpha value is -2.63. The van der Waals surface area contributed by atoms with Crippen molar-refractivity contribution in [2.24, 2.45) is 0 Å². The van der Waals surface area contributed by atoms with Crippen LogP contribution in [0.25, 0.3) is 0 Å². The van der Waals surface area contributed by atoms with Crippen LogP contribution in [-0.4, -0.2) is 37.2 Å². The molecule has 0 aliphatic rings. The number of esters is 3. The Morgan fingerprint density at radius 2 is 0.444 bits per heavy atom. The molecule has 6 nitrogen and oxygen atoms in total. The third-order valence-corrected chi connectivity index (χ3v) is 16.3. The normalized spacial score (nSPS) is 12.3. The number of ether oxygens (including phenoxy) is 3. The van der Waals surface area contributed by atoms with Gasteiger partial charge in [0.2, 0.25) is 0 Å². The first-order chi connectivity index (χ1) is 40.0. The van der Waals surface area contributed by atoms with Crippen LogP contribution in [0.3, 0.4) is 0 Å². The molecule has 6 heteroatoms. The quantitative estimate of drug-likeness (QED) is 0.0261. The van der Waals surface area contributed by atoms with E-state index in [4.69, 9.17) is 14.2 Å². The average Bonchev–Trinajstić information content (AvgIpc) is 3.47.